The number of hydrogen-bond donors (Lipinski definition) is 4. The molecule has 3 amide bonds. The largest absolute Gasteiger partial charge is 0.441 e. The number of aromatic nitrogens is 4. The molecule has 2 fully saturated rings. The third-order valence-electron chi connectivity index (χ3n) is 6.70. The van der Waals surface area contributed by atoms with Gasteiger partial charge in [0.05, 0.1) is 12.1 Å². The summed E-state index contributed by atoms with van der Waals surface area (Å²) in [5, 5.41) is 16.3. The van der Waals surface area contributed by atoms with E-state index in [-0.39, 0.29) is 12.1 Å². The maximum Gasteiger partial charge on any atom is 0.407 e. The Kier molecular flexibility index (Phi) is 4.35. The first-order chi connectivity index (χ1) is 16.3. The van der Waals surface area contributed by atoms with Gasteiger partial charge in [0.25, 0.3) is 0 Å². The topological polar surface area (TPSA) is 138 Å². The van der Waals surface area contributed by atoms with Gasteiger partial charge >= 0.3 is 12.1 Å². The van der Waals surface area contributed by atoms with E-state index in [1.807, 2.05) is 32.0 Å². The van der Waals surface area contributed by atoms with Crippen LogP contribution in [0.1, 0.15) is 32.3 Å². The van der Waals surface area contributed by atoms with Gasteiger partial charge in [0, 0.05) is 55.3 Å². The fourth-order valence-corrected chi connectivity index (χ4v) is 4.89. The fraction of sp³-hybridized carbons (Fsp3) is 0.409. The zero-order chi connectivity index (χ0) is 23.5. The van der Waals surface area contributed by atoms with Crippen LogP contribution in [0.15, 0.2) is 30.6 Å². The van der Waals surface area contributed by atoms with E-state index in [4.69, 9.17) is 4.74 Å². The Balaban J connectivity index is 1.24. The van der Waals surface area contributed by atoms with Gasteiger partial charge in [-0.2, -0.15) is 4.98 Å². The lowest BCUT2D eigenvalue weighted by atomic mass is 9.91. The number of rotatable bonds is 3. The second kappa shape index (κ2) is 7.20. The van der Waals surface area contributed by atoms with E-state index in [1.54, 1.807) is 16.9 Å². The quantitative estimate of drug-likeness (QED) is 0.464. The van der Waals surface area contributed by atoms with Gasteiger partial charge in [-0.15, -0.1) is 5.10 Å². The standard InChI is InChI=1S/C22H25N9O3/c1-21(2)14-4-3-13(11-15(14)26-19(32)28-21)25-18-27-17-16(23-7-10-31(17)29-18)30-8-5-22(6-9-30)12-24-20(33)34-22/h3-4,7,10-11H,5-6,8-9,12H2,1-2H3,(H,24,33)(H,25,29)(H2,26,28,32). The minimum absolute atomic E-state index is 0.234. The highest BCUT2D eigenvalue weighted by atomic mass is 16.6. The Morgan fingerprint density at radius 2 is 2.00 bits per heavy atom. The highest BCUT2D eigenvalue weighted by Gasteiger charge is 2.43. The van der Waals surface area contributed by atoms with Crippen LogP contribution in [0.5, 0.6) is 0 Å². The number of piperidine rings is 1. The van der Waals surface area contributed by atoms with Gasteiger partial charge in [-0.05, 0) is 26.0 Å². The van der Waals surface area contributed by atoms with Crippen LogP contribution in [0.3, 0.4) is 0 Å². The summed E-state index contributed by atoms with van der Waals surface area (Å²) in [5.74, 6) is 1.16. The summed E-state index contributed by atoms with van der Waals surface area (Å²) in [4.78, 5) is 34.9. The number of ether oxygens (including phenoxy) is 1. The molecule has 12 nitrogen and oxygen atoms in total. The Morgan fingerprint density at radius 1 is 1.18 bits per heavy atom. The molecule has 0 aliphatic carbocycles. The molecular formula is C22H25N9O3. The molecule has 176 valence electrons. The molecule has 6 rings (SSSR count). The lowest BCUT2D eigenvalue weighted by molar-refractivity contribution is 0.0366. The molecule has 5 heterocycles. The van der Waals surface area contributed by atoms with Gasteiger partial charge in [-0.25, -0.2) is 19.1 Å². The lowest BCUT2D eigenvalue weighted by Gasteiger charge is -2.37. The SMILES string of the molecule is CC1(C)NC(=O)Nc2cc(Nc3nc4c(N5CCC6(CC5)CNC(=O)O6)nccn4n3)ccc21. The van der Waals surface area contributed by atoms with Crippen LogP contribution >= 0.6 is 0 Å². The normalized spacial score (nSPS) is 20.4. The van der Waals surface area contributed by atoms with E-state index in [0.717, 1.165) is 35.6 Å². The summed E-state index contributed by atoms with van der Waals surface area (Å²) in [7, 11) is 0. The number of alkyl carbamates (subject to hydrolysis) is 1. The second-order valence-electron chi connectivity index (χ2n) is 9.46. The van der Waals surface area contributed by atoms with E-state index < -0.39 is 11.1 Å². The molecule has 2 aromatic heterocycles. The molecule has 0 radical (unpaired) electrons. The van der Waals surface area contributed by atoms with Gasteiger partial charge in [0.2, 0.25) is 5.95 Å². The predicted molar refractivity (Wildman–Crippen MR) is 124 cm³/mol. The number of amides is 3. The number of hydrogen-bond acceptors (Lipinski definition) is 8. The minimum Gasteiger partial charge on any atom is -0.441 e. The van der Waals surface area contributed by atoms with Crippen LogP contribution < -0.4 is 26.2 Å². The molecule has 3 aromatic rings. The van der Waals surface area contributed by atoms with E-state index >= 15 is 0 Å². The molecule has 2 saturated heterocycles. The van der Waals surface area contributed by atoms with Crippen molar-refractivity contribution >= 4 is 40.9 Å². The summed E-state index contributed by atoms with van der Waals surface area (Å²) < 4.78 is 7.21. The average molecular weight is 464 g/mol. The average Bonchev–Trinajstić information content (AvgIpc) is 3.36. The number of benzene rings is 1. The third kappa shape index (κ3) is 3.42. The molecule has 1 aromatic carbocycles. The van der Waals surface area contributed by atoms with Crippen molar-refractivity contribution in [2.75, 3.05) is 35.2 Å². The van der Waals surface area contributed by atoms with Gasteiger partial charge < -0.3 is 30.9 Å². The molecule has 34 heavy (non-hydrogen) atoms. The number of nitrogens with zero attached hydrogens (tertiary/aromatic N) is 5. The number of anilines is 4. The van der Waals surface area contributed by atoms with E-state index in [9.17, 15) is 9.59 Å². The first-order valence-electron chi connectivity index (χ1n) is 11.2. The maximum atomic E-state index is 12.0. The Morgan fingerprint density at radius 3 is 2.76 bits per heavy atom. The van der Waals surface area contributed by atoms with E-state index in [0.29, 0.717) is 31.2 Å². The highest BCUT2D eigenvalue weighted by Crippen LogP contribution is 2.35. The first-order valence-corrected chi connectivity index (χ1v) is 11.2. The van der Waals surface area contributed by atoms with E-state index in [1.165, 1.54) is 0 Å². The Hall–Kier alpha value is -4.09. The molecule has 3 aliphatic heterocycles. The van der Waals surface area contributed by atoms with Crippen molar-refractivity contribution in [3.8, 4) is 0 Å². The molecule has 0 saturated carbocycles. The molecule has 0 atom stereocenters. The fourth-order valence-electron chi connectivity index (χ4n) is 4.89. The van der Waals surface area contributed by atoms with Crippen molar-refractivity contribution in [2.45, 2.75) is 37.8 Å². The van der Waals surface area contributed by atoms with Crippen LogP contribution in [0.4, 0.5) is 32.7 Å². The van der Waals surface area contributed by atoms with Gasteiger partial charge in [-0.3, -0.25) is 0 Å². The van der Waals surface area contributed by atoms with Crippen LogP contribution in [0.2, 0.25) is 0 Å². The Bertz CT molecular complexity index is 1310. The van der Waals surface area contributed by atoms with Crippen LogP contribution in [-0.4, -0.2) is 56.9 Å². The summed E-state index contributed by atoms with van der Waals surface area (Å²) in [5.41, 5.74) is 2.26. The van der Waals surface area contributed by atoms with Crippen molar-refractivity contribution in [2.24, 2.45) is 0 Å². The van der Waals surface area contributed by atoms with Gasteiger partial charge in [0.15, 0.2) is 11.5 Å². The molecule has 0 unspecified atom stereocenters. The minimum atomic E-state index is -0.460. The van der Waals surface area contributed by atoms with Gasteiger partial charge in [0.1, 0.15) is 5.60 Å². The predicted octanol–water partition coefficient (Wildman–Crippen LogP) is 2.32. The summed E-state index contributed by atoms with van der Waals surface area (Å²) in [6.07, 6.45) is 4.56. The number of carbonyl (C=O) groups is 2. The van der Waals surface area contributed by atoms with Crippen molar-refractivity contribution in [3.05, 3.63) is 36.2 Å². The number of fused-ring (bicyclic) bond motifs is 2. The molecule has 4 N–H and O–H groups in total. The zero-order valence-corrected chi connectivity index (χ0v) is 18.9. The number of carbonyl (C=O) groups excluding carboxylic acids is 2. The Labute approximate surface area is 195 Å². The summed E-state index contributed by atoms with van der Waals surface area (Å²) in [6, 6.07) is 5.55. The van der Waals surface area contributed by atoms with Crippen LogP contribution in [0.25, 0.3) is 5.65 Å². The molecular weight excluding hydrogens is 438 g/mol. The lowest BCUT2D eigenvalue weighted by Crippen LogP contribution is -2.47. The number of urea groups is 1. The molecule has 0 bridgehead atoms. The van der Waals surface area contributed by atoms with Crippen molar-refractivity contribution in [1.29, 1.82) is 0 Å². The first kappa shape index (κ1) is 20.5. The van der Waals surface area contributed by atoms with Crippen molar-refractivity contribution < 1.29 is 14.3 Å². The third-order valence-corrected chi connectivity index (χ3v) is 6.70. The maximum absolute atomic E-state index is 12.0. The molecule has 12 heteroatoms. The summed E-state index contributed by atoms with van der Waals surface area (Å²) in [6.45, 7) is 5.87. The number of nitrogens with one attached hydrogen (secondary N) is 4. The smallest absolute Gasteiger partial charge is 0.407 e. The highest BCUT2D eigenvalue weighted by molar-refractivity contribution is 5.94. The zero-order valence-electron chi connectivity index (χ0n) is 18.9. The van der Waals surface area contributed by atoms with Crippen LogP contribution in [-0.2, 0) is 10.3 Å². The van der Waals surface area contributed by atoms with Crippen LogP contribution in [0, 0.1) is 0 Å². The molecule has 1 spiro atoms. The monoisotopic (exact) mass is 463 g/mol. The van der Waals surface area contributed by atoms with Crippen molar-refractivity contribution in [3.63, 3.8) is 0 Å². The summed E-state index contributed by atoms with van der Waals surface area (Å²) >= 11 is 0. The van der Waals surface area contributed by atoms with E-state index in [2.05, 4.69) is 41.2 Å². The molecule has 3 aliphatic rings. The van der Waals surface area contributed by atoms with Crippen molar-refractivity contribution in [1.82, 2.24) is 30.2 Å². The van der Waals surface area contributed by atoms with Gasteiger partial charge in [-0.1, -0.05) is 6.07 Å². The second-order valence-corrected chi connectivity index (χ2v) is 9.46.